The highest BCUT2D eigenvalue weighted by Gasteiger charge is 2.46. The molecule has 158 valence electrons. The zero-order valence-electron chi connectivity index (χ0n) is 16.3. The Morgan fingerprint density at radius 1 is 1.00 bits per heavy atom. The van der Waals surface area contributed by atoms with Gasteiger partial charge in [0.1, 0.15) is 11.6 Å². The van der Waals surface area contributed by atoms with E-state index in [0.717, 1.165) is 0 Å². The van der Waals surface area contributed by atoms with E-state index >= 15 is 0 Å². The molecule has 1 aliphatic heterocycles. The summed E-state index contributed by atoms with van der Waals surface area (Å²) in [7, 11) is 0. The second kappa shape index (κ2) is 7.82. The van der Waals surface area contributed by atoms with Crippen LogP contribution >= 0.6 is 23.2 Å². The topological polar surface area (TPSA) is 83.6 Å². The summed E-state index contributed by atoms with van der Waals surface area (Å²) in [5.41, 5.74) is 1.23. The molecule has 1 amide bonds. The number of ketones is 1. The fourth-order valence-electron chi connectivity index (χ4n) is 3.78. The first-order valence-corrected chi connectivity index (χ1v) is 10.4. The largest absolute Gasteiger partial charge is 0.503 e. The van der Waals surface area contributed by atoms with Crippen LogP contribution in [0.1, 0.15) is 22.3 Å². The van der Waals surface area contributed by atoms with Crippen molar-refractivity contribution in [3.05, 3.63) is 106 Å². The summed E-state index contributed by atoms with van der Waals surface area (Å²) in [6.07, 6.45) is 1.56. The first kappa shape index (κ1) is 20.3. The molecule has 3 heterocycles. The fraction of sp³-hybridized carbons (Fsp3) is 0.0417. The second-order valence-corrected chi connectivity index (χ2v) is 8.07. The van der Waals surface area contributed by atoms with E-state index in [-0.39, 0.29) is 11.3 Å². The van der Waals surface area contributed by atoms with Gasteiger partial charge in [-0.3, -0.25) is 19.5 Å². The van der Waals surface area contributed by atoms with Gasteiger partial charge in [0.25, 0.3) is 5.91 Å². The number of aliphatic hydroxyl groups is 1. The lowest BCUT2D eigenvalue weighted by atomic mass is 9.98. The SMILES string of the molecule is O=C(C1=C(O)C(=O)N(c2ccc(Cl)cc2)C1c1ccccn1)c1cc2cc(Cl)ccc2o1. The molecule has 32 heavy (non-hydrogen) atoms. The van der Waals surface area contributed by atoms with E-state index < -0.39 is 23.5 Å². The van der Waals surface area contributed by atoms with E-state index in [1.54, 1.807) is 66.9 Å². The number of aromatic nitrogens is 1. The minimum atomic E-state index is -0.950. The minimum Gasteiger partial charge on any atom is -0.503 e. The van der Waals surface area contributed by atoms with E-state index in [1.165, 1.54) is 11.0 Å². The number of hydrogen-bond donors (Lipinski definition) is 1. The van der Waals surface area contributed by atoms with Crippen LogP contribution in [0.4, 0.5) is 5.69 Å². The number of fused-ring (bicyclic) bond motifs is 1. The Morgan fingerprint density at radius 2 is 1.75 bits per heavy atom. The lowest BCUT2D eigenvalue weighted by molar-refractivity contribution is -0.117. The zero-order chi connectivity index (χ0) is 22.4. The second-order valence-electron chi connectivity index (χ2n) is 7.19. The molecule has 0 fully saturated rings. The molecule has 6 nitrogen and oxygen atoms in total. The van der Waals surface area contributed by atoms with Gasteiger partial charge < -0.3 is 9.52 Å². The van der Waals surface area contributed by atoms with Gasteiger partial charge in [0.05, 0.1) is 11.3 Å². The summed E-state index contributed by atoms with van der Waals surface area (Å²) >= 11 is 12.0. The Balaban J connectivity index is 1.65. The molecule has 1 N–H and O–H groups in total. The third-order valence-electron chi connectivity index (χ3n) is 5.23. The number of carbonyl (C=O) groups is 2. The maximum atomic E-state index is 13.5. The molecular weight excluding hydrogens is 451 g/mol. The molecule has 0 spiro atoms. The summed E-state index contributed by atoms with van der Waals surface area (Å²) in [6, 6.07) is 17.2. The van der Waals surface area contributed by atoms with Gasteiger partial charge >= 0.3 is 0 Å². The number of nitrogens with zero attached hydrogens (tertiary/aromatic N) is 2. The Morgan fingerprint density at radius 3 is 2.47 bits per heavy atom. The van der Waals surface area contributed by atoms with Crippen LogP contribution in [0.2, 0.25) is 10.0 Å². The predicted octanol–water partition coefficient (Wildman–Crippen LogP) is 5.92. The van der Waals surface area contributed by atoms with Crippen molar-refractivity contribution in [2.24, 2.45) is 0 Å². The first-order valence-electron chi connectivity index (χ1n) is 9.61. The summed E-state index contributed by atoms with van der Waals surface area (Å²) in [5, 5.41) is 12.4. The summed E-state index contributed by atoms with van der Waals surface area (Å²) in [6.45, 7) is 0. The number of carbonyl (C=O) groups excluding carboxylic acids is 2. The zero-order valence-corrected chi connectivity index (χ0v) is 17.8. The number of halogens is 2. The molecule has 0 radical (unpaired) electrons. The minimum absolute atomic E-state index is 0.0181. The van der Waals surface area contributed by atoms with Crippen LogP contribution in [0.3, 0.4) is 0 Å². The molecule has 0 bridgehead atoms. The normalized spacial score (nSPS) is 16.2. The predicted molar refractivity (Wildman–Crippen MR) is 121 cm³/mol. The van der Waals surface area contributed by atoms with E-state index in [4.69, 9.17) is 27.6 Å². The molecule has 0 aliphatic carbocycles. The van der Waals surface area contributed by atoms with Crippen molar-refractivity contribution < 1.29 is 19.1 Å². The number of furan rings is 1. The number of benzene rings is 2. The van der Waals surface area contributed by atoms with Crippen LogP contribution in [0, 0.1) is 0 Å². The third kappa shape index (κ3) is 3.34. The highest BCUT2D eigenvalue weighted by Crippen LogP contribution is 2.42. The van der Waals surface area contributed by atoms with Gasteiger partial charge in [-0.05, 0) is 60.7 Å². The van der Waals surface area contributed by atoms with Gasteiger partial charge in [0.2, 0.25) is 5.78 Å². The van der Waals surface area contributed by atoms with Crippen LogP contribution in [-0.2, 0) is 4.79 Å². The average molecular weight is 465 g/mol. The molecule has 2 aromatic heterocycles. The lowest BCUT2D eigenvalue weighted by Gasteiger charge is -2.26. The number of Topliss-reactive ketones (excluding diaryl/α,β-unsaturated/α-hetero) is 1. The fourth-order valence-corrected chi connectivity index (χ4v) is 4.09. The molecule has 8 heteroatoms. The average Bonchev–Trinajstić information content (AvgIpc) is 3.33. The molecule has 2 aromatic carbocycles. The molecular formula is C24H14Cl2N2O4. The molecule has 1 aliphatic rings. The summed E-state index contributed by atoms with van der Waals surface area (Å²) in [4.78, 5) is 32.3. The molecule has 1 unspecified atom stereocenters. The van der Waals surface area contributed by atoms with Crippen molar-refractivity contribution in [1.82, 2.24) is 4.98 Å². The van der Waals surface area contributed by atoms with Crippen LogP contribution < -0.4 is 4.90 Å². The Bertz CT molecular complexity index is 1390. The highest BCUT2D eigenvalue weighted by molar-refractivity contribution is 6.31. The monoisotopic (exact) mass is 464 g/mol. The van der Waals surface area contributed by atoms with Gasteiger partial charge in [0.15, 0.2) is 11.5 Å². The van der Waals surface area contributed by atoms with Gasteiger partial charge in [-0.15, -0.1) is 0 Å². The smallest absolute Gasteiger partial charge is 0.294 e. The van der Waals surface area contributed by atoms with Crippen molar-refractivity contribution in [2.45, 2.75) is 6.04 Å². The number of anilines is 1. The van der Waals surface area contributed by atoms with Gasteiger partial charge in [-0.1, -0.05) is 29.3 Å². The van der Waals surface area contributed by atoms with Crippen LogP contribution in [-0.4, -0.2) is 21.8 Å². The number of hydrogen-bond acceptors (Lipinski definition) is 5. The standard InChI is InChI=1S/C24H14Cl2N2O4/c25-14-4-7-16(8-5-14)28-21(17-3-1-2-10-27-17)20(23(30)24(28)31)22(29)19-12-13-11-15(26)6-9-18(13)32-19/h1-12,21,30H. The van der Waals surface area contributed by atoms with Gasteiger partial charge in [-0.2, -0.15) is 0 Å². The van der Waals surface area contributed by atoms with Crippen molar-refractivity contribution in [3.63, 3.8) is 0 Å². The Labute approximate surface area is 192 Å². The molecule has 0 saturated carbocycles. The number of amides is 1. The van der Waals surface area contributed by atoms with Gasteiger partial charge in [0, 0.05) is 27.3 Å². The maximum Gasteiger partial charge on any atom is 0.294 e. The first-order chi connectivity index (χ1) is 15.4. The van der Waals surface area contributed by atoms with E-state index in [2.05, 4.69) is 4.98 Å². The van der Waals surface area contributed by atoms with E-state index in [9.17, 15) is 14.7 Å². The number of rotatable bonds is 4. The van der Waals surface area contributed by atoms with Crippen LogP contribution in [0.15, 0.2) is 88.7 Å². The molecule has 0 saturated heterocycles. The Kier molecular flexibility index (Phi) is 4.96. The summed E-state index contributed by atoms with van der Waals surface area (Å²) in [5.74, 6) is -2.00. The van der Waals surface area contributed by atoms with E-state index in [1.807, 2.05) is 0 Å². The van der Waals surface area contributed by atoms with E-state index in [0.29, 0.717) is 32.4 Å². The third-order valence-corrected chi connectivity index (χ3v) is 5.71. The highest BCUT2D eigenvalue weighted by atomic mass is 35.5. The number of pyridine rings is 1. The number of aliphatic hydroxyl groups excluding tert-OH is 1. The van der Waals surface area contributed by atoms with Gasteiger partial charge in [-0.25, -0.2) is 0 Å². The molecule has 4 aromatic rings. The van der Waals surface area contributed by atoms with Crippen molar-refractivity contribution in [1.29, 1.82) is 0 Å². The van der Waals surface area contributed by atoms with Crippen LogP contribution in [0.5, 0.6) is 0 Å². The van der Waals surface area contributed by atoms with Crippen molar-refractivity contribution in [2.75, 3.05) is 4.90 Å². The van der Waals surface area contributed by atoms with Crippen molar-refractivity contribution in [3.8, 4) is 0 Å². The Hall–Kier alpha value is -3.61. The van der Waals surface area contributed by atoms with Crippen molar-refractivity contribution >= 4 is 51.5 Å². The quantitative estimate of drug-likeness (QED) is 0.379. The lowest BCUT2D eigenvalue weighted by Crippen LogP contribution is -2.31. The van der Waals surface area contributed by atoms with Crippen LogP contribution in [0.25, 0.3) is 11.0 Å². The molecule has 1 atom stereocenters. The molecule has 5 rings (SSSR count). The maximum absolute atomic E-state index is 13.5. The summed E-state index contributed by atoms with van der Waals surface area (Å²) < 4.78 is 5.70.